The molecule has 1 heterocycles. The molecule has 35 heavy (non-hydrogen) atoms. The number of sulfonamides is 1. The van der Waals surface area contributed by atoms with E-state index in [0.29, 0.717) is 43.8 Å². The maximum atomic E-state index is 13.4. The Bertz CT molecular complexity index is 1080. The Hall–Kier alpha value is -1.88. The third kappa shape index (κ3) is 6.28. The minimum absolute atomic E-state index is 0.0458. The molecule has 0 radical (unpaired) electrons. The molecule has 3 aliphatic rings. The first-order valence-electron chi connectivity index (χ1n) is 11.8. The quantitative estimate of drug-likeness (QED) is 0.601. The van der Waals surface area contributed by atoms with Crippen molar-refractivity contribution in [1.82, 2.24) is 14.9 Å². The lowest BCUT2D eigenvalue weighted by Gasteiger charge is -2.42. The van der Waals surface area contributed by atoms with Crippen LogP contribution in [0.4, 0.5) is 13.2 Å². The molecule has 0 aromatic heterocycles. The van der Waals surface area contributed by atoms with Crippen molar-refractivity contribution in [1.29, 1.82) is 0 Å². The van der Waals surface area contributed by atoms with E-state index in [-0.39, 0.29) is 34.7 Å². The lowest BCUT2D eigenvalue weighted by Crippen LogP contribution is -2.58. The van der Waals surface area contributed by atoms with Crippen LogP contribution in [0.15, 0.2) is 52.4 Å². The van der Waals surface area contributed by atoms with Crippen LogP contribution in [0.3, 0.4) is 0 Å². The highest BCUT2D eigenvalue weighted by molar-refractivity contribution is 7.89. The fraction of sp³-hybridized carbons (Fsp3) is 0.542. The molecule has 2 fully saturated rings. The van der Waals surface area contributed by atoms with Gasteiger partial charge in [-0.15, -0.1) is 0 Å². The molecular formula is C24H29ClF3N3O3S. The third-order valence-corrected chi connectivity index (χ3v) is 8.86. The number of hydrogen-bond donors (Lipinski definition) is 2. The van der Waals surface area contributed by atoms with Crippen molar-refractivity contribution < 1.29 is 26.4 Å². The minimum Gasteiger partial charge on any atom is -0.336 e. The molecule has 1 saturated heterocycles. The zero-order valence-electron chi connectivity index (χ0n) is 19.1. The van der Waals surface area contributed by atoms with Crippen molar-refractivity contribution in [2.24, 2.45) is 11.8 Å². The molecule has 1 aliphatic heterocycles. The molecule has 192 valence electrons. The van der Waals surface area contributed by atoms with Crippen LogP contribution >= 0.6 is 11.6 Å². The lowest BCUT2D eigenvalue weighted by molar-refractivity contribution is -0.141. The van der Waals surface area contributed by atoms with Crippen LogP contribution in [0.2, 0.25) is 0 Å². The fourth-order valence-corrected chi connectivity index (χ4v) is 6.55. The van der Waals surface area contributed by atoms with E-state index >= 15 is 0 Å². The van der Waals surface area contributed by atoms with E-state index < -0.39 is 21.8 Å². The van der Waals surface area contributed by atoms with Gasteiger partial charge in [0.2, 0.25) is 15.9 Å². The van der Waals surface area contributed by atoms with E-state index in [2.05, 4.69) is 16.1 Å². The summed E-state index contributed by atoms with van der Waals surface area (Å²) in [6, 6.07) is 3.14. The van der Waals surface area contributed by atoms with Crippen LogP contribution in [-0.2, 0) is 21.0 Å². The van der Waals surface area contributed by atoms with E-state index in [1.165, 1.54) is 0 Å². The van der Waals surface area contributed by atoms with Gasteiger partial charge in [-0.05, 0) is 62.4 Å². The summed E-state index contributed by atoms with van der Waals surface area (Å²) in [6.45, 7) is 2.08. The molecule has 4 rings (SSSR count). The number of allylic oxidation sites excluding steroid dienone is 3. The summed E-state index contributed by atoms with van der Waals surface area (Å²) in [4.78, 5) is 15.2. The number of piperazine rings is 1. The van der Waals surface area contributed by atoms with Gasteiger partial charge < -0.3 is 10.2 Å². The molecule has 1 saturated carbocycles. The second-order valence-electron chi connectivity index (χ2n) is 9.34. The van der Waals surface area contributed by atoms with E-state index in [4.69, 9.17) is 11.6 Å². The monoisotopic (exact) mass is 531 g/mol. The van der Waals surface area contributed by atoms with Crippen LogP contribution < -0.4 is 10.0 Å². The van der Waals surface area contributed by atoms with E-state index in [9.17, 15) is 26.4 Å². The molecule has 6 nitrogen and oxygen atoms in total. The fourth-order valence-electron chi connectivity index (χ4n) is 5.08. The maximum Gasteiger partial charge on any atom is 0.416 e. The topological polar surface area (TPSA) is 78.5 Å². The van der Waals surface area contributed by atoms with Crippen molar-refractivity contribution in [3.63, 3.8) is 0 Å². The van der Waals surface area contributed by atoms with Crippen molar-refractivity contribution in [2.45, 2.75) is 55.3 Å². The Morgan fingerprint density at radius 3 is 2.40 bits per heavy atom. The largest absolute Gasteiger partial charge is 0.416 e. The molecule has 0 spiro atoms. The summed E-state index contributed by atoms with van der Waals surface area (Å²) in [5, 5.41) is 4.08. The molecular weight excluding hydrogens is 503 g/mol. The summed E-state index contributed by atoms with van der Waals surface area (Å²) in [5.41, 5.74) is -0.899. The number of hydrogen-bond acceptors (Lipinski definition) is 4. The summed E-state index contributed by atoms with van der Waals surface area (Å²) < 4.78 is 66.2. The normalized spacial score (nSPS) is 28.0. The molecule has 1 amide bonds. The van der Waals surface area contributed by atoms with Gasteiger partial charge in [0.05, 0.1) is 16.5 Å². The van der Waals surface area contributed by atoms with E-state index in [1.54, 1.807) is 0 Å². The van der Waals surface area contributed by atoms with Gasteiger partial charge in [0.1, 0.15) is 0 Å². The van der Waals surface area contributed by atoms with Gasteiger partial charge in [-0.3, -0.25) is 4.79 Å². The van der Waals surface area contributed by atoms with Gasteiger partial charge in [0, 0.05) is 42.5 Å². The summed E-state index contributed by atoms with van der Waals surface area (Å²) in [7, 11) is -3.95. The number of carbonyl (C=O) groups is 1. The number of halogens is 4. The first-order chi connectivity index (χ1) is 16.5. The molecule has 2 aliphatic carbocycles. The molecule has 2 atom stereocenters. The Morgan fingerprint density at radius 2 is 1.80 bits per heavy atom. The predicted molar refractivity (Wildman–Crippen MR) is 127 cm³/mol. The first kappa shape index (κ1) is 26.2. The number of alkyl halides is 3. The van der Waals surface area contributed by atoms with Crippen molar-refractivity contribution >= 4 is 27.5 Å². The zero-order valence-corrected chi connectivity index (χ0v) is 20.7. The number of carbonyl (C=O) groups excluding carboxylic acids is 1. The number of nitrogens with zero attached hydrogens (tertiary/aromatic N) is 1. The number of rotatable bonds is 5. The van der Waals surface area contributed by atoms with Crippen LogP contribution in [-0.4, -0.2) is 50.9 Å². The van der Waals surface area contributed by atoms with Gasteiger partial charge in [-0.2, -0.15) is 13.2 Å². The van der Waals surface area contributed by atoms with Crippen LogP contribution in [0.25, 0.3) is 0 Å². The lowest BCUT2D eigenvalue weighted by atomic mass is 9.84. The Balaban J connectivity index is 1.34. The van der Waals surface area contributed by atoms with Crippen LogP contribution in [0.5, 0.6) is 0 Å². The second-order valence-corrected chi connectivity index (χ2v) is 11.5. The molecule has 2 unspecified atom stereocenters. The van der Waals surface area contributed by atoms with Crippen molar-refractivity contribution in [2.75, 3.05) is 19.6 Å². The van der Waals surface area contributed by atoms with Gasteiger partial charge in [-0.25, -0.2) is 13.1 Å². The van der Waals surface area contributed by atoms with Gasteiger partial charge in [0.25, 0.3) is 0 Å². The summed E-state index contributed by atoms with van der Waals surface area (Å²) >= 11 is 6.05. The highest BCUT2D eigenvalue weighted by Crippen LogP contribution is 2.32. The minimum atomic E-state index is -4.53. The maximum absolute atomic E-state index is 13.4. The van der Waals surface area contributed by atoms with Gasteiger partial charge >= 0.3 is 6.18 Å². The molecule has 1 aromatic rings. The smallest absolute Gasteiger partial charge is 0.336 e. The number of benzene rings is 1. The average molecular weight is 532 g/mol. The van der Waals surface area contributed by atoms with Gasteiger partial charge in [0.15, 0.2) is 0 Å². The first-order valence-corrected chi connectivity index (χ1v) is 13.7. The highest BCUT2D eigenvalue weighted by atomic mass is 35.5. The molecule has 0 bridgehead atoms. The Morgan fingerprint density at radius 1 is 1.11 bits per heavy atom. The van der Waals surface area contributed by atoms with E-state index in [0.717, 1.165) is 37.2 Å². The highest BCUT2D eigenvalue weighted by Gasteiger charge is 2.37. The second kappa shape index (κ2) is 10.6. The molecule has 2 N–H and O–H groups in total. The molecule has 1 aromatic carbocycles. The Kier molecular flexibility index (Phi) is 7.95. The zero-order chi connectivity index (χ0) is 25.2. The van der Waals surface area contributed by atoms with E-state index in [1.807, 2.05) is 17.1 Å². The number of nitrogens with one attached hydrogen (secondary N) is 2. The summed E-state index contributed by atoms with van der Waals surface area (Å²) in [5.74, 6) is 0.129. The Labute approximate surface area is 208 Å². The van der Waals surface area contributed by atoms with Crippen molar-refractivity contribution in [3.05, 3.63) is 53.1 Å². The molecule has 11 heteroatoms. The van der Waals surface area contributed by atoms with Crippen LogP contribution in [0, 0.1) is 11.8 Å². The average Bonchev–Trinajstić information content (AvgIpc) is 2.84. The predicted octanol–water partition coefficient (Wildman–Crippen LogP) is 4.04. The van der Waals surface area contributed by atoms with Crippen LogP contribution in [0.1, 0.15) is 37.7 Å². The third-order valence-electron chi connectivity index (χ3n) is 7.04. The standard InChI is InChI=1S/C24H29ClF3N3O3S/c25-19-7-1-16(2-8-19)22-15-29-13-14-31(22)23(32)17-3-9-20(10-4-17)30-35(33,34)21-11-5-18(6-12-21)24(26,27)28/h1,5-8,11-12,16-17,20,22,29-30H,2-4,9-10,13-15H2. The number of amides is 1. The van der Waals surface area contributed by atoms with Gasteiger partial charge in [-0.1, -0.05) is 23.8 Å². The summed E-state index contributed by atoms with van der Waals surface area (Å²) in [6.07, 6.45) is 4.27. The SMILES string of the molecule is O=C(C1CCC(NS(=O)(=O)c2ccc(C(F)(F)F)cc2)CC1)N1CCNCC1C1C=CC(Cl)=CC1. The van der Waals surface area contributed by atoms with Crippen molar-refractivity contribution in [3.8, 4) is 0 Å².